The van der Waals surface area contributed by atoms with Crippen LogP contribution in [0.3, 0.4) is 0 Å². The average Bonchev–Trinajstić information content (AvgIpc) is 2.96. The number of hydrogen-bond donors (Lipinski definition) is 1. The van der Waals surface area contributed by atoms with Crippen LogP contribution in [0.4, 0.5) is 11.4 Å². The van der Waals surface area contributed by atoms with Gasteiger partial charge in [-0.2, -0.15) is 0 Å². The van der Waals surface area contributed by atoms with Crippen LogP contribution in [-0.2, 0) is 0 Å². The molecule has 0 spiro atoms. The largest absolute Gasteiger partial charge is 0.352 e. The Labute approximate surface area is 77.0 Å². The molecule has 62 valence electrons. The highest BCUT2D eigenvalue weighted by Crippen LogP contribution is 2.40. The Morgan fingerprint density at radius 2 is 1.54 bits per heavy atom. The molecule has 0 amide bonds. The van der Waals surface area contributed by atoms with Crippen molar-refractivity contribution < 1.29 is 0 Å². The van der Waals surface area contributed by atoms with Gasteiger partial charge in [-0.1, -0.05) is 36.4 Å². The maximum atomic E-state index is 3.20. The fourth-order valence-electron chi connectivity index (χ4n) is 1.55. The SMILES string of the molecule is c1ccc(-c2ccc3c(c2)N3)cc1. The number of hydrogen-bond acceptors (Lipinski definition) is 1. The quantitative estimate of drug-likeness (QED) is 0.551. The van der Waals surface area contributed by atoms with Gasteiger partial charge < -0.3 is 5.32 Å². The molecule has 0 unspecified atom stereocenters. The Kier molecular flexibility index (Phi) is 1.22. The Morgan fingerprint density at radius 3 is 2.31 bits per heavy atom. The zero-order chi connectivity index (χ0) is 8.67. The smallest absolute Gasteiger partial charge is 0.0630 e. The molecule has 1 nitrogen and oxygen atoms in total. The second-order valence-electron chi connectivity index (χ2n) is 3.25. The van der Waals surface area contributed by atoms with Gasteiger partial charge in [0.15, 0.2) is 0 Å². The fraction of sp³-hybridized carbons (Fsp3) is 0. The standard InChI is InChI=1S/C12H9N/c1-2-4-9(5-3-1)10-6-7-11-12(8-10)13-11/h1-8,13H. The van der Waals surface area contributed by atoms with Crippen LogP contribution in [0.2, 0.25) is 0 Å². The summed E-state index contributed by atoms with van der Waals surface area (Å²) in [6.45, 7) is 0. The third-order valence-electron chi connectivity index (χ3n) is 2.33. The van der Waals surface area contributed by atoms with Crippen molar-refractivity contribution in [1.82, 2.24) is 0 Å². The highest BCUT2D eigenvalue weighted by atomic mass is 15.0. The Balaban J connectivity index is 2.11. The number of nitrogens with one attached hydrogen (secondary N) is 1. The predicted molar refractivity (Wildman–Crippen MR) is 55.2 cm³/mol. The summed E-state index contributed by atoms with van der Waals surface area (Å²) < 4.78 is 0. The molecule has 0 saturated carbocycles. The van der Waals surface area contributed by atoms with Crippen molar-refractivity contribution in [2.24, 2.45) is 0 Å². The molecule has 0 aromatic heterocycles. The summed E-state index contributed by atoms with van der Waals surface area (Å²) in [5, 5.41) is 3.20. The van der Waals surface area contributed by atoms with Gasteiger partial charge in [0.25, 0.3) is 0 Å². The number of fused-ring (bicyclic) bond motifs is 1. The third kappa shape index (κ3) is 1.09. The first-order chi connectivity index (χ1) is 6.43. The summed E-state index contributed by atoms with van der Waals surface area (Å²) in [5.74, 6) is 0. The van der Waals surface area contributed by atoms with E-state index in [0.717, 1.165) is 0 Å². The molecule has 13 heavy (non-hydrogen) atoms. The second kappa shape index (κ2) is 2.36. The van der Waals surface area contributed by atoms with E-state index in [4.69, 9.17) is 0 Å². The molecule has 0 fully saturated rings. The second-order valence-corrected chi connectivity index (χ2v) is 3.25. The molecule has 0 aliphatic carbocycles. The molecular weight excluding hydrogens is 158 g/mol. The lowest BCUT2D eigenvalue weighted by molar-refractivity contribution is 1.66. The first kappa shape index (κ1) is 6.72. The summed E-state index contributed by atoms with van der Waals surface area (Å²) in [7, 11) is 0. The first-order valence-electron chi connectivity index (χ1n) is 4.40. The van der Waals surface area contributed by atoms with Crippen LogP contribution >= 0.6 is 0 Å². The van der Waals surface area contributed by atoms with Crippen LogP contribution < -0.4 is 5.32 Å². The van der Waals surface area contributed by atoms with Crippen LogP contribution in [0.25, 0.3) is 11.1 Å². The van der Waals surface area contributed by atoms with Gasteiger partial charge in [0.05, 0.1) is 11.4 Å². The van der Waals surface area contributed by atoms with Gasteiger partial charge in [-0.15, -0.1) is 0 Å². The van der Waals surface area contributed by atoms with E-state index >= 15 is 0 Å². The summed E-state index contributed by atoms with van der Waals surface area (Å²) >= 11 is 0. The van der Waals surface area contributed by atoms with E-state index in [1.165, 1.54) is 22.5 Å². The van der Waals surface area contributed by atoms with E-state index in [9.17, 15) is 0 Å². The van der Waals surface area contributed by atoms with Gasteiger partial charge >= 0.3 is 0 Å². The molecule has 2 aromatic rings. The van der Waals surface area contributed by atoms with Crippen LogP contribution in [-0.4, -0.2) is 0 Å². The van der Waals surface area contributed by atoms with Crippen molar-refractivity contribution in [2.45, 2.75) is 0 Å². The number of benzene rings is 2. The van der Waals surface area contributed by atoms with E-state index in [1.807, 2.05) is 6.07 Å². The predicted octanol–water partition coefficient (Wildman–Crippen LogP) is 3.41. The summed E-state index contributed by atoms with van der Waals surface area (Å²) in [5.41, 5.74) is 5.09. The van der Waals surface area contributed by atoms with Gasteiger partial charge in [-0.25, -0.2) is 0 Å². The monoisotopic (exact) mass is 167 g/mol. The maximum Gasteiger partial charge on any atom is 0.0630 e. The molecule has 0 saturated heterocycles. The summed E-state index contributed by atoms with van der Waals surface area (Å²) in [6.07, 6.45) is 0. The van der Waals surface area contributed by atoms with E-state index < -0.39 is 0 Å². The van der Waals surface area contributed by atoms with Crippen LogP contribution in [0.1, 0.15) is 0 Å². The summed E-state index contributed by atoms with van der Waals surface area (Å²) in [4.78, 5) is 0. The zero-order valence-electron chi connectivity index (χ0n) is 7.12. The molecule has 1 aliphatic rings. The van der Waals surface area contributed by atoms with Crippen LogP contribution in [0.5, 0.6) is 0 Å². The lowest BCUT2D eigenvalue weighted by Crippen LogP contribution is -1.72. The van der Waals surface area contributed by atoms with Crippen molar-refractivity contribution >= 4 is 11.4 Å². The Bertz CT molecular complexity index is 446. The molecule has 1 heterocycles. The maximum absolute atomic E-state index is 3.20. The highest BCUT2D eigenvalue weighted by molar-refractivity contribution is 5.93. The minimum absolute atomic E-state index is 1.26. The lowest BCUT2D eigenvalue weighted by Gasteiger charge is -1.97. The third-order valence-corrected chi connectivity index (χ3v) is 2.33. The van der Waals surface area contributed by atoms with Gasteiger partial charge in [-0.3, -0.25) is 0 Å². The highest BCUT2D eigenvalue weighted by Gasteiger charge is 2.14. The lowest BCUT2D eigenvalue weighted by atomic mass is 10.1. The molecular formula is C12H9N. The first-order valence-corrected chi connectivity index (χ1v) is 4.40. The number of anilines is 2. The molecule has 0 bridgehead atoms. The van der Waals surface area contributed by atoms with Crippen molar-refractivity contribution in [3.05, 3.63) is 48.5 Å². The minimum atomic E-state index is 1.26. The minimum Gasteiger partial charge on any atom is -0.352 e. The van der Waals surface area contributed by atoms with Gasteiger partial charge in [0.2, 0.25) is 0 Å². The Morgan fingerprint density at radius 1 is 0.692 bits per heavy atom. The van der Waals surface area contributed by atoms with Gasteiger partial charge in [-0.05, 0) is 23.3 Å². The van der Waals surface area contributed by atoms with Crippen LogP contribution in [0.15, 0.2) is 48.5 Å². The summed E-state index contributed by atoms with van der Waals surface area (Å²) in [6, 6.07) is 16.9. The molecule has 1 aliphatic heterocycles. The molecule has 0 radical (unpaired) electrons. The Hall–Kier alpha value is -1.76. The van der Waals surface area contributed by atoms with E-state index in [1.54, 1.807) is 0 Å². The molecule has 1 heteroatoms. The molecule has 2 aromatic carbocycles. The average molecular weight is 167 g/mol. The molecule has 3 rings (SSSR count). The van der Waals surface area contributed by atoms with Crippen molar-refractivity contribution in [3.8, 4) is 11.1 Å². The van der Waals surface area contributed by atoms with Gasteiger partial charge in [0.1, 0.15) is 0 Å². The zero-order valence-corrected chi connectivity index (χ0v) is 7.12. The number of rotatable bonds is 1. The van der Waals surface area contributed by atoms with E-state index in [-0.39, 0.29) is 0 Å². The topological polar surface area (TPSA) is 21.9 Å². The van der Waals surface area contributed by atoms with Gasteiger partial charge in [0, 0.05) is 0 Å². The normalized spacial score (nSPS) is 11.7. The van der Waals surface area contributed by atoms with E-state index in [0.29, 0.717) is 0 Å². The fourth-order valence-corrected chi connectivity index (χ4v) is 1.55. The molecule has 0 atom stereocenters. The van der Waals surface area contributed by atoms with E-state index in [2.05, 4.69) is 47.8 Å². The van der Waals surface area contributed by atoms with Crippen molar-refractivity contribution in [2.75, 3.05) is 5.32 Å². The van der Waals surface area contributed by atoms with Crippen LogP contribution in [0, 0.1) is 0 Å². The van der Waals surface area contributed by atoms with Crippen molar-refractivity contribution in [1.29, 1.82) is 0 Å². The molecule has 1 N–H and O–H groups in total. The van der Waals surface area contributed by atoms with Crippen molar-refractivity contribution in [3.63, 3.8) is 0 Å².